The Balaban J connectivity index is 2.36. The van der Waals surface area contributed by atoms with Gasteiger partial charge >= 0.3 is 0 Å². The highest BCUT2D eigenvalue weighted by Crippen LogP contribution is 2.43. The summed E-state index contributed by atoms with van der Waals surface area (Å²) in [6, 6.07) is -0.588. The molecule has 2 fully saturated rings. The maximum atomic E-state index is 11.6. The fourth-order valence-corrected chi connectivity index (χ4v) is 3.10. The van der Waals surface area contributed by atoms with Gasteiger partial charge in [0.1, 0.15) is 11.8 Å². The number of rotatable bonds is 1. The summed E-state index contributed by atoms with van der Waals surface area (Å²) in [5.74, 6) is -0.772. The third-order valence-corrected chi connectivity index (χ3v) is 3.75. The molecule has 2 aliphatic rings. The summed E-state index contributed by atoms with van der Waals surface area (Å²) in [7, 11) is 0. The van der Waals surface area contributed by atoms with Gasteiger partial charge < -0.3 is 25.0 Å². The molecule has 1 saturated heterocycles. The molecule has 0 aromatic heterocycles. The maximum absolute atomic E-state index is 11.6. The van der Waals surface area contributed by atoms with Gasteiger partial charge in [-0.25, -0.2) is 0 Å². The topological polar surface area (TPSA) is 90.2 Å². The Labute approximate surface area is 99.8 Å². The van der Waals surface area contributed by atoms with Gasteiger partial charge in [-0.2, -0.15) is 0 Å². The second-order valence-electron chi connectivity index (χ2n) is 5.24. The van der Waals surface area contributed by atoms with Crippen molar-refractivity contribution in [3.63, 3.8) is 0 Å². The van der Waals surface area contributed by atoms with E-state index in [1.807, 2.05) is 0 Å². The second kappa shape index (κ2) is 3.91. The van der Waals surface area contributed by atoms with Gasteiger partial charge in [0.2, 0.25) is 5.91 Å². The van der Waals surface area contributed by atoms with E-state index in [4.69, 9.17) is 4.74 Å². The molecule has 0 spiro atoms. The quantitative estimate of drug-likeness (QED) is 0.533. The summed E-state index contributed by atoms with van der Waals surface area (Å²) in [6.45, 7) is 4.60. The van der Waals surface area contributed by atoms with Gasteiger partial charge in [-0.15, -0.1) is 0 Å². The van der Waals surface area contributed by atoms with E-state index in [1.165, 1.54) is 11.8 Å². The SMILES string of the molecule is CC(=O)N1[C@@H]2[C@@H](O)[C@H](O)[C@@H](CO)[C@@H]2OC1(C)C. The molecular weight excluding hydrogens is 226 g/mol. The number of aliphatic hydroxyl groups excluding tert-OH is 3. The normalized spacial score (nSPS) is 43.9. The molecule has 1 aliphatic heterocycles. The number of aliphatic hydroxyl groups is 3. The van der Waals surface area contributed by atoms with Crippen molar-refractivity contribution >= 4 is 5.91 Å². The zero-order valence-corrected chi connectivity index (χ0v) is 10.2. The summed E-state index contributed by atoms with van der Waals surface area (Å²) < 4.78 is 5.72. The van der Waals surface area contributed by atoms with Crippen LogP contribution in [0.15, 0.2) is 0 Å². The molecule has 98 valence electrons. The average Bonchev–Trinajstić information content (AvgIpc) is 2.59. The molecule has 0 unspecified atom stereocenters. The molecule has 6 nitrogen and oxygen atoms in total. The van der Waals surface area contributed by atoms with Crippen molar-refractivity contribution in [2.75, 3.05) is 6.61 Å². The number of hydrogen-bond donors (Lipinski definition) is 3. The first-order chi connectivity index (χ1) is 7.81. The van der Waals surface area contributed by atoms with Gasteiger partial charge in [-0.3, -0.25) is 4.79 Å². The molecule has 1 heterocycles. The molecule has 1 aliphatic carbocycles. The number of hydrogen-bond acceptors (Lipinski definition) is 5. The predicted octanol–water partition coefficient (Wildman–Crippen LogP) is -1.32. The fraction of sp³-hybridized carbons (Fsp3) is 0.909. The fourth-order valence-electron chi connectivity index (χ4n) is 3.10. The standard InChI is InChI=1S/C11H19NO5/c1-5(14)12-7-9(16)8(15)6(4-13)10(7)17-11(12,2)3/h6-10,13,15-16H,4H2,1-3H3/t6-,7-,8-,9-,10+/m1/s1. The van der Waals surface area contributed by atoms with Crippen molar-refractivity contribution in [1.82, 2.24) is 4.90 Å². The Morgan fingerprint density at radius 1 is 1.35 bits per heavy atom. The summed E-state index contributed by atoms with van der Waals surface area (Å²) in [5, 5.41) is 29.0. The molecule has 1 amide bonds. The molecule has 0 aromatic rings. The van der Waals surface area contributed by atoms with Crippen LogP contribution in [0, 0.1) is 5.92 Å². The highest BCUT2D eigenvalue weighted by Gasteiger charge is 2.61. The molecule has 0 bridgehead atoms. The van der Waals surface area contributed by atoms with Gasteiger partial charge in [0.05, 0.1) is 24.9 Å². The zero-order chi connectivity index (χ0) is 13.0. The van der Waals surface area contributed by atoms with Crippen molar-refractivity contribution in [3.8, 4) is 0 Å². The lowest BCUT2D eigenvalue weighted by Crippen LogP contribution is -2.52. The van der Waals surface area contributed by atoms with Crippen LogP contribution in [0.25, 0.3) is 0 Å². The zero-order valence-electron chi connectivity index (χ0n) is 10.2. The van der Waals surface area contributed by atoms with Crippen LogP contribution in [0.1, 0.15) is 20.8 Å². The molecule has 2 rings (SSSR count). The van der Waals surface area contributed by atoms with Crippen LogP contribution in [0.4, 0.5) is 0 Å². The van der Waals surface area contributed by atoms with E-state index < -0.39 is 36.0 Å². The number of amides is 1. The molecule has 1 saturated carbocycles. The number of carbonyl (C=O) groups excluding carboxylic acids is 1. The van der Waals surface area contributed by atoms with E-state index in [2.05, 4.69) is 0 Å². The Morgan fingerprint density at radius 2 is 1.94 bits per heavy atom. The van der Waals surface area contributed by atoms with E-state index in [0.717, 1.165) is 0 Å². The van der Waals surface area contributed by atoms with Crippen LogP contribution >= 0.6 is 0 Å². The lowest BCUT2D eigenvalue weighted by molar-refractivity contribution is -0.155. The van der Waals surface area contributed by atoms with Crippen LogP contribution in [0.3, 0.4) is 0 Å². The average molecular weight is 245 g/mol. The summed E-state index contributed by atoms with van der Waals surface area (Å²) >= 11 is 0. The molecule has 17 heavy (non-hydrogen) atoms. The monoisotopic (exact) mass is 245 g/mol. The molecule has 5 atom stereocenters. The second-order valence-corrected chi connectivity index (χ2v) is 5.24. The van der Waals surface area contributed by atoms with Gasteiger partial charge in [0.15, 0.2) is 0 Å². The van der Waals surface area contributed by atoms with E-state index in [1.54, 1.807) is 13.8 Å². The van der Waals surface area contributed by atoms with Crippen molar-refractivity contribution in [3.05, 3.63) is 0 Å². The van der Waals surface area contributed by atoms with Gasteiger partial charge in [-0.05, 0) is 13.8 Å². The number of nitrogens with zero attached hydrogens (tertiary/aromatic N) is 1. The van der Waals surface area contributed by atoms with E-state index >= 15 is 0 Å². The molecule has 6 heteroatoms. The van der Waals surface area contributed by atoms with Gasteiger partial charge in [0, 0.05) is 12.8 Å². The molecule has 0 radical (unpaired) electrons. The van der Waals surface area contributed by atoms with Crippen molar-refractivity contribution < 1.29 is 24.9 Å². The number of fused-ring (bicyclic) bond motifs is 1. The highest BCUT2D eigenvalue weighted by molar-refractivity contribution is 5.75. The lowest BCUT2D eigenvalue weighted by Gasteiger charge is -2.34. The first kappa shape index (κ1) is 12.8. The minimum Gasteiger partial charge on any atom is -0.396 e. The Bertz CT molecular complexity index is 332. The van der Waals surface area contributed by atoms with Crippen LogP contribution in [0.5, 0.6) is 0 Å². The van der Waals surface area contributed by atoms with Gasteiger partial charge in [-0.1, -0.05) is 0 Å². The van der Waals surface area contributed by atoms with E-state index in [-0.39, 0.29) is 12.5 Å². The Hall–Kier alpha value is -0.690. The summed E-state index contributed by atoms with van der Waals surface area (Å²) in [4.78, 5) is 13.1. The smallest absolute Gasteiger partial charge is 0.222 e. The summed E-state index contributed by atoms with van der Waals surface area (Å²) in [5.41, 5.74) is -0.824. The third-order valence-electron chi connectivity index (χ3n) is 3.75. The lowest BCUT2D eigenvalue weighted by atomic mass is 10.0. The number of ether oxygens (including phenoxy) is 1. The number of carbonyl (C=O) groups is 1. The summed E-state index contributed by atoms with van der Waals surface area (Å²) in [6.07, 6.45) is -2.67. The van der Waals surface area contributed by atoms with Crippen LogP contribution in [-0.4, -0.2) is 62.8 Å². The predicted molar refractivity (Wildman–Crippen MR) is 57.8 cm³/mol. The minimum atomic E-state index is -1.08. The van der Waals surface area contributed by atoms with Crippen molar-refractivity contribution in [1.29, 1.82) is 0 Å². The largest absolute Gasteiger partial charge is 0.396 e. The first-order valence-electron chi connectivity index (χ1n) is 5.76. The maximum Gasteiger partial charge on any atom is 0.222 e. The van der Waals surface area contributed by atoms with E-state index in [9.17, 15) is 20.1 Å². The van der Waals surface area contributed by atoms with E-state index in [0.29, 0.717) is 0 Å². The minimum absolute atomic E-state index is 0.215. The van der Waals surface area contributed by atoms with Crippen molar-refractivity contribution in [2.24, 2.45) is 5.92 Å². The van der Waals surface area contributed by atoms with Crippen LogP contribution < -0.4 is 0 Å². The van der Waals surface area contributed by atoms with Crippen LogP contribution in [0.2, 0.25) is 0 Å². The Morgan fingerprint density at radius 3 is 2.41 bits per heavy atom. The Kier molecular flexibility index (Phi) is 2.94. The van der Waals surface area contributed by atoms with Gasteiger partial charge in [0.25, 0.3) is 0 Å². The molecule has 0 aromatic carbocycles. The van der Waals surface area contributed by atoms with Crippen molar-refractivity contribution in [2.45, 2.75) is 50.8 Å². The third kappa shape index (κ3) is 1.67. The molecular formula is C11H19NO5. The van der Waals surface area contributed by atoms with Crippen LogP contribution in [-0.2, 0) is 9.53 Å². The molecule has 3 N–H and O–H groups in total. The highest BCUT2D eigenvalue weighted by atomic mass is 16.6. The first-order valence-corrected chi connectivity index (χ1v) is 5.76.